The van der Waals surface area contributed by atoms with E-state index in [-0.39, 0.29) is 12.1 Å². The fourth-order valence-corrected chi connectivity index (χ4v) is 5.25. The average molecular weight is 507 g/mol. The largest absolute Gasteiger partial charge is 0.452 e. The number of aromatic nitrogens is 1. The van der Waals surface area contributed by atoms with Crippen LogP contribution in [0, 0.1) is 0 Å². The van der Waals surface area contributed by atoms with Crippen molar-refractivity contribution in [1.29, 1.82) is 0 Å². The van der Waals surface area contributed by atoms with Gasteiger partial charge >= 0.3 is 0 Å². The molecule has 0 radical (unpaired) electrons. The lowest BCUT2D eigenvalue weighted by atomic mass is 10.0. The SMILES string of the molecule is CN(C)c1ccc(N2C(=S)N[C@@H](c3ccccn3)[C@H]2c2ccc(Sc3ccc(Cl)cc3)o2)cc1. The summed E-state index contributed by atoms with van der Waals surface area (Å²) in [5.74, 6) is 0.816. The Hall–Kier alpha value is -3.00. The Morgan fingerprint density at radius 3 is 2.44 bits per heavy atom. The first-order valence-corrected chi connectivity index (χ1v) is 12.4. The number of nitrogens with zero attached hydrogens (tertiary/aromatic N) is 3. The molecule has 0 bridgehead atoms. The minimum Gasteiger partial charge on any atom is -0.452 e. The molecule has 2 atom stereocenters. The van der Waals surface area contributed by atoms with Crippen molar-refractivity contribution in [2.45, 2.75) is 22.1 Å². The Morgan fingerprint density at radius 2 is 1.76 bits per heavy atom. The molecular weight excluding hydrogens is 484 g/mol. The third kappa shape index (κ3) is 4.64. The zero-order chi connectivity index (χ0) is 23.7. The number of thiocarbonyl (C=S) groups is 1. The zero-order valence-electron chi connectivity index (χ0n) is 18.7. The second-order valence-corrected chi connectivity index (χ2v) is 10.0. The molecule has 1 fully saturated rings. The Labute approximate surface area is 213 Å². The van der Waals surface area contributed by atoms with Gasteiger partial charge in [0.15, 0.2) is 10.2 Å². The Kier molecular flexibility index (Phi) is 6.50. The van der Waals surface area contributed by atoms with Crippen LogP contribution in [0.5, 0.6) is 0 Å². The lowest BCUT2D eigenvalue weighted by Gasteiger charge is -2.26. The number of benzene rings is 2. The van der Waals surface area contributed by atoms with Crippen LogP contribution in [-0.2, 0) is 0 Å². The second kappa shape index (κ2) is 9.70. The third-order valence-electron chi connectivity index (χ3n) is 5.67. The van der Waals surface area contributed by atoms with Gasteiger partial charge in [0.05, 0.1) is 11.7 Å². The number of hydrogen-bond donors (Lipinski definition) is 1. The summed E-state index contributed by atoms with van der Waals surface area (Å²) in [6.07, 6.45) is 1.80. The summed E-state index contributed by atoms with van der Waals surface area (Å²) in [5, 5.41) is 5.63. The molecule has 0 saturated carbocycles. The molecule has 172 valence electrons. The smallest absolute Gasteiger partial charge is 0.174 e. The quantitative estimate of drug-likeness (QED) is 0.291. The Bertz CT molecular complexity index is 1280. The molecule has 8 heteroatoms. The Morgan fingerprint density at radius 1 is 1.00 bits per heavy atom. The van der Waals surface area contributed by atoms with E-state index in [0.29, 0.717) is 10.1 Å². The molecule has 3 heterocycles. The van der Waals surface area contributed by atoms with E-state index in [2.05, 4.69) is 44.4 Å². The topological polar surface area (TPSA) is 44.5 Å². The van der Waals surface area contributed by atoms with E-state index in [1.165, 1.54) is 0 Å². The Balaban J connectivity index is 1.51. The number of nitrogens with one attached hydrogen (secondary N) is 1. The number of rotatable bonds is 6. The van der Waals surface area contributed by atoms with Crippen LogP contribution < -0.4 is 15.1 Å². The van der Waals surface area contributed by atoms with Crippen LogP contribution in [-0.4, -0.2) is 24.2 Å². The van der Waals surface area contributed by atoms with Gasteiger partial charge in [-0.25, -0.2) is 0 Å². The van der Waals surface area contributed by atoms with E-state index in [4.69, 9.17) is 28.2 Å². The van der Waals surface area contributed by atoms with Gasteiger partial charge in [-0.1, -0.05) is 29.4 Å². The lowest BCUT2D eigenvalue weighted by molar-refractivity contribution is 0.383. The van der Waals surface area contributed by atoms with Gasteiger partial charge in [0, 0.05) is 41.6 Å². The van der Waals surface area contributed by atoms with Crippen molar-refractivity contribution in [2.75, 3.05) is 23.9 Å². The summed E-state index contributed by atoms with van der Waals surface area (Å²) in [5.41, 5.74) is 3.03. The predicted octanol–water partition coefficient (Wildman–Crippen LogP) is 6.72. The van der Waals surface area contributed by atoms with Gasteiger partial charge in [0.1, 0.15) is 11.8 Å². The fourth-order valence-electron chi connectivity index (χ4n) is 4.00. The molecule has 1 saturated heterocycles. The van der Waals surface area contributed by atoms with Crippen LogP contribution >= 0.6 is 35.6 Å². The van der Waals surface area contributed by atoms with Gasteiger partial charge in [-0.2, -0.15) is 0 Å². The normalized spacial score (nSPS) is 17.6. The van der Waals surface area contributed by atoms with E-state index in [1.54, 1.807) is 18.0 Å². The molecule has 2 aromatic heterocycles. The van der Waals surface area contributed by atoms with Gasteiger partial charge in [-0.15, -0.1) is 0 Å². The molecule has 1 N–H and O–H groups in total. The van der Waals surface area contributed by atoms with Gasteiger partial charge in [-0.05, 0) is 85.0 Å². The number of halogens is 1. The summed E-state index contributed by atoms with van der Waals surface area (Å²) < 4.78 is 6.37. The van der Waals surface area contributed by atoms with Crippen molar-refractivity contribution in [1.82, 2.24) is 10.3 Å². The van der Waals surface area contributed by atoms with Crippen molar-refractivity contribution in [3.05, 3.63) is 102 Å². The summed E-state index contributed by atoms with van der Waals surface area (Å²) in [4.78, 5) is 9.85. The van der Waals surface area contributed by atoms with Crippen molar-refractivity contribution < 1.29 is 4.42 Å². The second-order valence-electron chi connectivity index (χ2n) is 8.12. The van der Waals surface area contributed by atoms with Crippen LogP contribution in [0.3, 0.4) is 0 Å². The first-order valence-electron chi connectivity index (χ1n) is 10.8. The molecular formula is C26H23ClN4OS2. The molecule has 0 unspecified atom stereocenters. The fraction of sp³-hybridized carbons (Fsp3) is 0.154. The van der Waals surface area contributed by atoms with Crippen molar-refractivity contribution in [2.24, 2.45) is 0 Å². The highest BCUT2D eigenvalue weighted by atomic mass is 35.5. The van der Waals surface area contributed by atoms with E-state index >= 15 is 0 Å². The maximum Gasteiger partial charge on any atom is 0.174 e. The van der Waals surface area contributed by atoms with Crippen LogP contribution in [0.1, 0.15) is 23.5 Å². The highest BCUT2D eigenvalue weighted by molar-refractivity contribution is 7.99. The van der Waals surface area contributed by atoms with Crippen LogP contribution in [0.4, 0.5) is 11.4 Å². The molecule has 0 spiro atoms. The van der Waals surface area contributed by atoms with Crippen molar-refractivity contribution in [3.8, 4) is 0 Å². The van der Waals surface area contributed by atoms with E-state index in [0.717, 1.165) is 32.8 Å². The van der Waals surface area contributed by atoms with Gasteiger partial charge in [0.25, 0.3) is 0 Å². The average Bonchev–Trinajstić information content (AvgIpc) is 3.45. The summed E-state index contributed by atoms with van der Waals surface area (Å²) in [7, 11) is 4.05. The predicted molar refractivity (Wildman–Crippen MR) is 143 cm³/mol. The number of anilines is 2. The van der Waals surface area contributed by atoms with E-state index < -0.39 is 0 Å². The molecule has 5 rings (SSSR count). The van der Waals surface area contributed by atoms with Crippen LogP contribution in [0.25, 0.3) is 0 Å². The minimum atomic E-state index is -0.188. The number of pyridine rings is 1. The summed E-state index contributed by atoms with van der Waals surface area (Å²) in [6.45, 7) is 0. The van der Waals surface area contributed by atoms with Gasteiger partial charge in [-0.3, -0.25) is 4.98 Å². The monoisotopic (exact) mass is 506 g/mol. The first-order chi connectivity index (χ1) is 16.5. The van der Waals surface area contributed by atoms with Gasteiger partial charge < -0.3 is 19.5 Å². The molecule has 4 aromatic rings. The lowest BCUT2D eigenvalue weighted by Crippen LogP contribution is -2.29. The standard InChI is InChI=1S/C26H23ClN4OS2/c1-30(2)18-8-10-19(11-9-18)31-25(24(29-26(31)33)21-5-3-4-16-28-21)22-14-15-23(32-22)34-20-12-6-17(27)7-13-20/h3-16,24-25H,1-2H3,(H,29,33)/t24-,25+/m0/s1. The first kappa shape index (κ1) is 22.8. The van der Waals surface area contributed by atoms with Crippen LogP contribution in [0.15, 0.2) is 99.5 Å². The highest BCUT2D eigenvalue weighted by Gasteiger charge is 2.42. The molecule has 0 aliphatic carbocycles. The van der Waals surface area contributed by atoms with Crippen molar-refractivity contribution in [3.63, 3.8) is 0 Å². The van der Waals surface area contributed by atoms with Crippen LogP contribution in [0.2, 0.25) is 5.02 Å². The molecule has 1 aliphatic heterocycles. The highest BCUT2D eigenvalue weighted by Crippen LogP contribution is 2.43. The molecule has 34 heavy (non-hydrogen) atoms. The number of hydrogen-bond acceptors (Lipinski definition) is 5. The van der Waals surface area contributed by atoms with Crippen molar-refractivity contribution >= 4 is 52.1 Å². The maximum absolute atomic E-state index is 6.37. The summed E-state index contributed by atoms with van der Waals surface area (Å²) in [6, 6.07) is 25.7. The van der Waals surface area contributed by atoms with Gasteiger partial charge in [0.2, 0.25) is 0 Å². The molecule has 5 nitrogen and oxygen atoms in total. The third-order valence-corrected chi connectivity index (χ3v) is 7.16. The molecule has 2 aromatic carbocycles. The summed E-state index contributed by atoms with van der Waals surface area (Å²) >= 11 is 13.4. The van der Waals surface area contributed by atoms with E-state index in [9.17, 15) is 0 Å². The van der Waals surface area contributed by atoms with E-state index in [1.807, 2.05) is 68.7 Å². The maximum atomic E-state index is 6.37. The molecule has 1 aliphatic rings. The molecule has 0 amide bonds. The number of furan rings is 1. The zero-order valence-corrected chi connectivity index (χ0v) is 21.1. The minimum absolute atomic E-state index is 0.151.